The van der Waals surface area contributed by atoms with Gasteiger partial charge in [-0.25, -0.2) is 0 Å². The largest absolute Gasteiger partial charge is 0.489 e. The fourth-order valence-corrected chi connectivity index (χ4v) is 6.01. The van der Waals surface area contributed by atoms with Gasteiger partial charge in [0.05, 0.1) is 27.1 Å². The van der Waals surface area contributed by atoms with Crippen LogP contribution in [0.4, 0.5) is 0 Å². The van der Waals surface area contributed by atoms with Gasteiger partial charge in [-0.2, -0.15) is 5.26 Å². The molecule has 3 aromatic carbocycles. The molecule has 2 unspecified atom stereocenters. The Bertz CT molecular complexity index is 1600. The van der Waals surface area contributed by atoms with E-state index in [2.05, 4.69) is 11.2 Å². The third-order valence-electron chi connectivity index (χ3n) is 7.39. The quantitative estimate of drug-likeness (QED) is 0.186. The Kier molecular flexibility index (Phi) is 6.76. The number of hydrogen-bond donors (Lipinski definition) is 0. The zero-order chi connectivity index (χ0) is 27.1. The van der Waals surface area contributed by atoms with E-state index in [1.54, 1.807) is 42.5 Å². The van der Waals surface area contributed by atoms with Crippen molar-refractivity contribution in [3.63, 3.8) is 0 Å². The van der Waals surface area contributed by atoms with Crippen molar-refractivity contribution < 1.29 is 18.8 Å². The molecule has 2 aliphatic rings. The fourth-order valence-electron chi connectivity index (χ4n) is 5.13. The standard InChI is InChI=1S/C30H21Cl3N2O4/c31-24-5-2-6-25(32)27(24)28-22(29(39-35-28)17-7-8-17)14-37-20-9-10-21(26(33)12-20)23-13-30(23,15-34)18-3-1-4-19(11-18)38-16-36/h1-6,9-12,16-17,23H,7-8,13-14H2. The van der Waals surface area contributed by atoms with Crippen molar-refractivity contribution >= 4 is 41.3 Å². The summed E-state index contributed by atoms with van der Waals surface area (Å²) in [5.41, 5.74) is 2.92. The summed E-state index contributed by atoms with van der Waals surface area (Å²) in [6.07, 6.45) is 2.68. The van der Waals surface area contributed by atoms with E-state index in [0.29, 0.717) is 56.6 Å². The lowest BCUT2D eigenvalue weighted by Crippen LogP contribution is -2.07. The van der Waals surface area contributed by atoms with E-state index in [1.807, 2.05) is 18.2 Å². The van der Waals surface area contributed by atoms with E-state index < -0.39 is 5.41 Å². The van der Waals surface area contributed by atoms with Gasteiger partial charge in [0.1, 0.15) is 29.6 Å². The van der Waals surface area contributed by atoms with Crippen LogP contribution >= 0.6 is 34.8 Å². The Morgan fingerprint density at radius 2 is 1.79 bits per heavy atom. The van der Waals surface area contributed by atoms with Gasteiger partial charge < -0.3 is 14.0 Å². The Hall–Kier alpha value is -3.50. The minimum atomic E-state index is -0.737. The summed E-state index contributed by atoms with van der Waals surface area (Å²) < 4.78 is 16.9. The topological polar surface area (TPSA) is 85.3 Å². The van der Waals surface area contributed by atoms with Gasteiger partial charge in [-0.1, -0.05) is 64.2 Å². The summed E-state index contributed by atoms with van der Waals surface area (Å²) in [5.74, 6) is 1.98. The SMILES string of the molecule is N#CC1(c2cccc(OC=O)c2)CC1c1ccc(OCc2c(-c3c(Cl)cccc3Cl)noc2C2CC2)cc1Cl. The molecule has 4 aromatic rings. The number of carbonyl (C=O) groups excluding carboxylic acids is 1. The van der Waals surface area contributed by atoms with Crippen LogP contribution in [0.15, 0.2) is 65.2 Å². The Morgan fingerprint density at radius 1 is 1.03 bits per heavy atom. The number of ether oxygens (including phenoxy) is 2. The van der Waals surface area contributed by atoms with Crippen LogP contribution in [-0.4, -0.2) is 11.6 Å². The Balaban J connectivity index is 1.24. The summed E-state index contributed by atoms with van der Waals surface area (Å²) in [5, 5.41) is 15.9. The second-order valence-corrected chi connectivity index (χ2v) is 11.0. The van der Waals surface area contributed by atoms with Gasteiger partial charge in [-0.15, -0.1) is 0 Å². The number of hydrogen-bond acceptors (Lipinski definition) is 6. The Labute approximate surface area is 240 Å². The van der Waals surface area contributed by atoms with Gasteiger partial charge in [0.25, 0.3) is 6.47 Å². The first-order valence-electron chi connectivity index (χ1n) is 12.4. The molecule has 1 heterocycles. The van der Waals surface area contributed by atoms with E-state index >= 15 is 0 Å². The van der Waals surface area contributed by atoms with Crippen LogP contribution in [-0.2, 0) is 16.8 Å². The van der Waals surface area contributed by atoms with Crippen LogP contribution in [0.1, 0.15) is 53.5 Å². The highest BCUT2D eigenvalue weighted by molar-refractivity contribution is 6.39. The molecule has 2 atom stereocenters. The minimum absolute atomic E-state index is 0.0935. The molecule has 39 heavy (non-hydrogen) atoms. The van der Waals surface area contributed by atoms with Crippen molar-refractivity contribution in [1.82, 2.24) is 5.16 Å². The summed E-state index contributed by atoms with van der Waals surface area (Å²) in [6, 6.07) is 20.3. The van der Waals surface area contributed by atoms with Gasteiger partial charge in [0, 0.05) is 22.4 Å². The van der Waals surface area contributed by atoms with Crippen LogP contribution in [0.5, 0.6) is 11.5 Å². The molecule has 0 amide bonds. The van der Waals surface area contributed by atoms with Crippen molar-refractivity contribution in [3.8, 4) is 28.8 Å². The first-order chi connectivity index (χ1) is 18.9. The smallest absolute Gasteiger partial charge is 0.298 e. The molecule has 2 fully saturated rings. The minimum Gasteiger partial charge on any atom is -0.489 e. The highest BCUT2D eigenvalue weighted by Crippen LogP contribution is 2.61. The van der Waals surface area contributed by atoms with Crippen LogP contribution in [0.3, 0.4) is 0 Å². The van der Waals surface area contributed by atoms with E-state index in [0.717, 1.165) is 35.3 Å². The third-order valence-corrected chi connectivity index (χ3v) is 8.35. The number of nitrogens with zero attached hydrogens (tertiary/aromatic N) is 2. The molecule has 0 bridgehead atoms. The zero-order valence-electron chi connectivity index (χ0n) is 20.5. The van der Waals surface area contributed by atoms with Crippen molar-refractivity contribution in [2.45, 2.75) is 43.1 Å². The van der Waals surface area contributed by atoms with E-state index in [-0.39, 0.29) is 12.5 Å². The molecule has 0 spiro atoms. The molecule has 196 valence electrons. The fraction of sp³-hybridized carbons (Fsp3) is 0.233. The number of carbonyl (C=O) groups is 1. The maximum Gasteiger partial charge on any atom is 0.298 e. The van der Waals surface area contributed by atoms with Gasteiger partial charge in [0.15, 0.2) is 0 Å². The average molecular weight is 580 g/mol. The lowest BCUT2D eigenvalue weighted by molar-refractivity contribution is -0.120. The molecule has 0 aliphatic heterocycles. The highest BCUT2D eigenvalue weighted by Gasteiger charge is 2.57. The average Bonchev–Trinajstić information content (AvgIpc) is 3.85. The number of nitriles is 1. The van der Waals surface area contributed by atoms with Gasteiger partial charge in [-0.05, 0) is 66.8 Å². The van der Waals surface area contributed by atoms with E-state index in [9.17, 15) is 10.1 Å². The van der Waals surface area contributed by atoms with Crippen molar-refractivity contribution in [2.75, 3.05) is 0 Å². The first kappa shape index (κ1) is 25.8. The van der Waals surface area contributed by atoms with Gasteiger partial charge in [-0.3, -0.25) is 4.79 Å². The number of benzene rings is 3. The second kappa shape index (κ2) is 10.2. The first-order valence-corrected chi connectivity index (χ1v) is 13.6. The lowest BCUT2D eigenvalue weighted by atomic mass is 9.92. The summed E-state index contributed by atoms with van der Waals surface area (Å²) >= 11 is 19.6. The normalized spacial score (nSPS) is 19.8. The predicted octanol–water partition coefficient (Wildman–Crippen LogP) is 8.24. The molecular weight excluding hydrogens is 559 g/mol. The van der Waals surface area contributed by atoms with Crippen LogP contribution in [0, 0.1) is 11.3 Å². The molecule has 2 saturated carbocycles. The maximum atomic E-state index is 10.7. The molecule has 2 aliphatic carbocycles. The van der Waals surface area contributed by atoms with E-state index in [1.165, 1.54) is 0 Å². The zero-order valence-corrected chi connectivity index (χ0v) is 22.8. The summed E-state index contributed by atoms with van der Waals surface area (Å²) in [7, 11) is 0. The van der Waals surface area contributed by atoms with Crippen LogP contribution in [0.2, 0.25) is 15.1 Å². The molecule has 0 N–H and O–H groups in total. The molecule has 0 saturated heterocycles. The monoisotopic (exact) mass is 578 g/mol. The number of halogens is 3. The van der Waals surface area contributed by atoms with Gasteiger partial charge >= 0.3 is 0 Å². The summed E-state index contributed by atoms with van der Waals surface area (Å²) in [6.45, 7) is 0.578. The molecular formula is C30H21Cl3N2O4. The van der Waals surface area contributed by atoms with Crippen LogP contribution in [0.25, 0.3) is 11.3 Å². The highest BCUT2D eigenvalue weighted by atomic mass is 35.5. The molecule has 6 nitrogen and oxygen atoms in total. The van der Waals surface area contributed by atoms with Crippen molar-refractivity contribution in [2.24, 2.45) is 0 Å². The molecule has 9 heteroatoms. The molecule has 6 rings (SSSR count). The van der Waals surface area contributed by atoms with E-state index in [4.69, 9.17) is 48.8 Å². The summed E-state index contributed by atoms with van der Waals surface area (Å²) in [4.78, 5) is 10.7. The van der Waals surface area contributed by atoms with Crippen LogP contribution < -0.4 is 9.47 Å². The second-order valence-electron chi connectivity index (χ2n) is 9.80. The maximum absolute atomic E-state index is 10.7. The number of aromatic nitrogens is 1. The van der Waals surface area contributed by atoms with Crippen molar-refractivity contribution in [1.29, 1.82) is 5.26 Å². The lowest BCUT2D eigenvalue weighted by Gasteiger charge is -2.13. The predicted molar refractivity (Wildman–Crippen MR) is 148 cm³/mol. The molecule has 0 radical (unpaired) electrons. The number of rotatable bonds is 9. The third kappa shape index (κ3) is 4.76. The molecule has 1 aromatic heterocycles. The Morgan fingerprint density at radius 3 is 2.49 bits per heavy atom. The van der Waals surface area contributed by atoms with Gasteiger partial charge in [0.2, 0.25) is 0 Å². The van der Waals surface area contributed by atoms with Crippen molar-refractivity contribution in [3.05, 3.63) is 98.2 Å².